The second-order valence-electron chi connectivity index (χ2n) is 5.62. The number of benzene rings is 1. The molecule has 4 nitrogen and oxygen atoms in total. The molecule has 0 amide bonds. The second-order valence-corrected chi connectivity index (χ2v) is 5.62. The summed E-state index contributed by atoms with van der Waals surface area (Å²) in [5.74, 6) is 1.50. The van der Waals surface area contributed by atoms with Gasteiger partial charge in [-0.3, -0.25) is 4.68 Å². The van der Waals surface area contributed by atoms with Crippen molar-refractivity contribution in [3.63, 3.8) is 0 Å². The van der Waals surface area contributed by atoms with Gasteiger partial charge in [-0.2, -0.15) is 5.10 Å². The average molecular weight is 271 g/mol. The van der Waals surface area contributed by atoms with Gasteiger partial charge in [-0.05, 0) is 37.0 Å². The molecule has 1 aliphatic heterocycles. The van der Waals surface area contributed by atoms with E-state index in [1.165, 1.54) is 11.1 Å². The zero-order valence-electron chi connectivity index (χ0n) is 11.8. The van der Waals surface area contributed by atoms with Crippen LogP contribution in [0.15, 0.2) is 36.7 Å². The number of fused-ring (bicyclic) bond motifs is 1. The van der Waals surface area contributed by atoms with Gasteiger partial charge < -0.3 is 10.5 Å². The van der Waals surface area contributed by atoms with E-state index in [9.17, 15) is 0 Å². The molecule has 2 aromatic rings. The lowest BCUT2D eigenvalue weighted by Gasteiger charge is -2.25. The zero-order chi connectivity index (χ0) is 13.9. The highest BCUT2D eigenvalue weighted by Gasteiger charge is 2.21. The SMILES string of the molecule is CC(N)Cc1cnn(CC2CCOc3ccccc32)c1. The van der Waals surface area contributed by atoms with Crippen molar-refractivity contribution in [2.75, 3.05) is 6.61 Å². The number of nitrogens with two attached hydrogens (primary N) is 1. The number of hydrogen-bond donors (Lipinski definition) is 1. The Morgan fingerprint density at radius 1 is 1.45 bits per heavy atom. The van der Waals surface area contributed by atoms with Crippen LogP contribution in [-0.4, -0.2) is 22.4 Å². The van der Waals surface area contributed by atoms with Crippen molar-refractivity contribution in [3.8, 4) is 5.75 Å². The molecule has 2 N–H and O–H groups in total. The van der Waals surface area contributed by atoms with E-state index < -0.39 is 0 Å². The third kappa shape index (κ3) is 2.85. The van der Waals surface area contributed by atoms with Crippen molar-refractivity contribution in [2.24, 2.45) is 5.73 Å². The maximum absolute atomic E-state index is 5.83. The first-order chi connectivity index (χ1) is 9.72. The van der Waals surface area contributed by atoms with Crippen LogP contribution < -0.4 is 10.5 Å². The lowest BCUT2D eigenvalue weighted by molar-refractivity contribution is 0.256. The quantitative estimate of drug-likeness (QED) is 0.928. The summed E-state index contributed by atoms with van der Waals surface area (Å²) < 4.78 is 7.74. The molecule has 3 rings (SSSR count). The Kier molecular flexibility index (Phi) is 3.74. The summed E-state index contributed by atoms with van der Waals surface area (Å²) in [7, 11) is 0. The Balaban J connectivity index is 1.74. The first-order valence-corrected chi connectivity index (χ1v) is 7.21. The van der Waals surface area contributed by atoms with E-state index in [4.69, 9.17) is 10.5 Å². The van der Waals surface area contributed by atoms with Crippen LogP contribution in [0.25, 0.3) is 0 Å². The van der Waals surface area contributed by atoms with Crippen molar-refractivity contribution >= 4 is 0 Å². The minimum absolute atomic E-state index is 0.177. The van der Waals surface area contributed by atoms with Gasteiger partial charge in [0.25, 0.3) is 0 Å². The Labute approximate surface area is 119 Å². The topological polar surface area (TPSA) is 53.1 Å². The van der Waals surface area contributed by atoms with Gasteiger partial charge >= 0.3 is 0 Å². The maximum atomic E-state index is 5.83. The third-order valence-corrected chi connectivity index (χ3v) is 3.73. The third-order valence-electron chi connectivity index (χ3n) is 3.73. The lowest BCUT2D eigenvalue weighted by atomic mass is 9.93. The van der Waals surface area contributed by atoms with E-state index in [1.54, 1.807) is 0 Å². The fourth-order valence-electron chi connectivity index (χ4n) is 2.81. The summed E-state index contributed by atoms with van der Waals surface area (Å²) in [6, 6.07) is 8.48. The van der Waals surface area contributed by atoms with Gasteiger partial charge in [-0.25, -0.2) is 0 Å². The summed E-state index contributed by atoms with van der Waals surface area (Å²) in [4.78, 5) is 0. The molecule has 4 heteroatoms. The van der Waals surface area contributed by atoms with Crippen molar-refractivity contribution < 1.29 is 4.74 Å². The summed E-state index contributed by atoms with van der Waals surface area (Å²) in [5, 5.41) is 4.46. The Morgan fingerprint density at radius 3 is 3.15 bits per heavy atom. The number of ether oxygens (including phenoxy) is 1. The molecule has 2 heterocycles. The molecular formula is C16H21N3O. The monoisotopic (exact) mass is 271 g/mol. The molecule has 1 aromatic carbocycles. The smallest absolute Gasteiger partial charge is 0.122 e. The van der Waals surface area contributed by atoms with Crippen LogP contribution in [0.4, 0.5) is 0 Å². The van der Waals surface area contributed by atoms with Crippen LogP contribution in [0.1, 0.15) is 30.4 Å². The molecule has 0 radical (unpaired) electrons. The van der Waals surface area contributed by atoms with E-state index in [0.717, 1.165) is 31.7 Å². The van der Waals surface area contributed by atoms with Crippen LogP contribution in [0.2, 0.25) is 0 Å². The minimum Gasteiger partial charge on any atom is -0.493 e. The Bertz CT molecular complexity index is 577. The van der Waals surface area contributed by atoms with Crippen LogP contribution in [0.5, 0.6) is 5.75 Å². The molecule has 0 saturated heterocycles. The highest BCUT2D eigenvalue weighted by Crippen LogP contribution is 2.34. The maximum Gasteiger partial charge on any atom is 0.122 e. The molecular weight excluding hydrogens is 250 g/mol. The molecule has 2 unspecified atom stereocenters. The predicted octanol–water partition coefficient (Wildman–Crippen LogP) is 2.34. The number of para-hydroxylation sites is 1. The predicted molar refractivity (Wildman–Crippen MR) is 78.9 cm³/mol. The molecule has 0 spiro atoms. The van der Waals surface area contributed by atoms with E-state index in [1.807, 2.05) is 29.9 Å². The van der Waals surface area contributed by atoms with Gasteiger partial charge in [-0.15, -0.1) is 0 Å². The van der Waals surface area contributed by atoms with E-state index in [2.05, 4.69) is 23.4 Å². The largest absolute Gasteiger partial charge is 0.493 e. The average Bonchev–Trinajstić information content (AvgIpc) is 2.86. The molecule has 2 atom stereocenters. The number of hydrogen-bond acceptors (Lipinski definition) is 3. The molecule has 1 aliphatic rings. The fourth-order valence-corrected chi connectivity index (χ4v) is 2.81. The van der Waals surface area contributed by atoms with Crippen LogP contribution in [-0.2, 0) is 13.0 Å². The summed E-state index contributed by atoms with van der Waals surface area (Å²) in [6.07, 6.45) is 5.96. The highest BCUT2D eigenvalue weighted by atomic mass is 16.5. The molecule has 0 aliphatic carbocycles. The fraction of sp³-hybridized carbons (Fsp3) is 0.438. The van der Waals surface area contributed by atoms with Crippen LogP contribution >= 0.6 is 0 Å². The number of nitrogens with zero attached hydrogens (tertiary/aromatic N) is 2. The van der Waals surface area contributed by atoms with Crippen molar-refractivity contribution in [3.05, 3.63) is 47.8 Å². The molecule has 1 aromatic heterocycles. The van der Waals surface area contributed by atoms with Crippen LogP contribution in [0.3, 0.4) is 0 Å². The van der Waals surface area contributed by atoms with Gasteiger partial charge in [0.2, 0.25) is 0 Å². The molecule has 0 fully saturated rings. The second kappa shape index (κ2) is 5.67. The van der Waals surface area contributed by atoms with Gasteiger partial charge in [0.15, 0.2) is 0 Å². The lowest BCUT2D eigenvalue weighted by Crippen LogP contribution is -2.19. The van der Waals surface area contributed by atoms with Crippen molar-refractivity contribution in [2.45, 2.75) is 38.3 Å². The highest BCUT2D eigenvalue weighted by molar-refractivity contribution is 5.37. The number of aromatic nitrogens is 2. The van der Waals surface area contributed by atoms with E-state index in [-0.39, 0.29) is 6.04 Å². The minimum atomic E-state index is 0.177. The van der Waals surface area contributed by atoms with Gasteiger partial charge in [0.1, 0.15) is 5.75 Å². The van der Waals surface area contributed by atoms with Crippen molar-refractivity contribution in [1.82, 2.24) is 9.78 Å². The first-order valence-electron chi connectivity index (χ1n) is 7.21. The molecule has 0 bridgehead atoms. The standard InChI is InChI=1S/C16H21N3O/c1-12(17)8-13-9-18-19(10-13)11-14-6-7-20-16-5-3-2-4-15(14)16/h2-5,9-10,12,14H,6-8,11,17H2,1H3. The zero-order valence-corrected chi connectivity index (χ0v) is 11.8. The molecule has 20 heavy (non-hydrogen) atoms. The van der Waals surface area contributed by atoms with Gasteiger partial charge in [-0.1, -0.05) is 18.2 Å². The van der Waals surface area contributed by atoms with E-state index in [0.29, 0.717) is 5.92 Å². The summed E-state index contributed by atoms with van der Waals surface area (Å²) in [5.41, 5.74) is 8.33. The Hall–Kier alpha value is -1.81. The van der Waals surface area contributed by atoms with Crippen LogP contribution in [0, 0.1) is 0 Å². The van der Waals surface area contributed by atoms with Gasteiger partial charge in [0, 0.05) is 24.7 Å². The van der Waals surface area contributed by atoms with Crippen molar-refractivity contribution in [1.29, 1.82) is 0 Å². The first kappa shape index (κ1) is 13.2. The number of rotatable bonds is 4. The van der Waals surface area contributed by atoms with Gasteiger partial charge in [0.05, 0.1) is 12.8 Å². The summed E-state index contributed by atoms with van der Waals surface area (Å²) in [6.45, 7) is 3.71. The molecule has 106 valence electrons. The Morgan fingerprint density at radius 2 is 2.30 bits per heavy atom. The summed E-state index contributed by atoms with van der Waals surface area (Å²) >= 11 is 0. The van der Waals surface area contributed by atoms with E-state index >= 15 is 0 Å². The molecule has 0 saturated carbocycles. The normalized spacial score (nSPS) is 19.2.